The first-order valence-electron chi connectivity index (χ1n) is 5.84. The zero-order valence-corrected chi connectivity index (χ0v) is 11.6. The Morgan fingerprint density at radius 2 is 1.74 bits per heavy atom. The lowest BCUT2D eigenvalue weighted by molar-refractivity contribution is -0.140. The average Bonchev–Trinajstić information content (AvgIpc) is 2.24. The van der Waals surface area contributed by atoms with Crippen LogP contribution in [0, 0.1) is 11.7 Å². The maximum Gasteiger partial charge on any atom is 0.419 e. The van der Waals surface area contributed by atoms with E-state index < -0.39 is 23.6 Å². The smallest absolute Gasteiger partial charge is 0.324 e. The van der Waals surface area contributed by atoms with Crippen LogP contribution >= 0.6 is 12.4 Å². The Hall–Kier alpha value is -0.810. The Bertz CT molecular complexity index is 404. The highest BCUT2D eigenvalue weighted by Crippen LogP contribution is 2.34. The van der Waals surface area contributed by atoms with Gasteiger partial charge in [-0.2, -0.15) is 13.2 Å². The van der Waals surface area contributed by atoms with Crippen molar-refractivity contribution in [3.63, 3.8) is 0 Å². The third kappa shape index (κ3) is 4.99. The molecule has 110 valence electrons. The number of rotatable bonds is 4. The van der Waals surface area contributed by atoms with Gasteiger partial charge in [-0.1, -0.05) is 26.0 Å². The first kappa shape index (κ1) is 18.2. The third-order valence-corrected chi connectivity index (χ3v) is 2.79. The van der Waals surface area contributed by atoms with Crippen molar-refractivity contribution >= 4 is 12.4 Å². The van der Waals surface area contributed by atoms with Crippen LogP contribution in [0.5, 0.6) is 0 Å². The van der Waals surface area contributed by atoms with Gasteiger partial charge < -0.3 is 5.73 Å². The average molecular weight is 300 g/mol. The minimum absolute atomic E-state index is 0. The van der Waals surface area contributed by atoms with E-state index in [1.807, 2.05) is 13.8 Å². The fraction of sp³-hybridized carbons (Fsp3) is 0.538. The summed E-state index contributed by atoms with van der Waals surface area (Å²) in [4.78, 5) is 0. The van der Waals surface area contributed by atoms with Crippen molar-refractivity contribution in [1.82, 2.24) is 0 Å². The Morgan fingerprint density at radius 1 is 1.16 bits per heavy atom. The Labute approximate surface area is 116 Å². The Kier molecular flexibility index (Phi) is 6.80. The summed E-state index contributed by atoms with van der Waals surface area (Å²) < 4.78 is 51.3. The highest BCUT2D eigenvalue weighted by Gasteiger charge is 2.35. The molecule has 0 aliphatic rings. The van der Waals surface area contributed by atoms with Gasteiger partial charge in [-0.3, -0.25) is 0 Å². The molecule has 0 aliphatic heterocycles. The van der Waals surface area contributed by atoms with Crippen molar-refractivity contribution in [1.29, 1.82) is 0 Å². The monoisotopic (exact) mass is 299 g/mol. The van der Waals surface area contributed by atoms with E-state index in [0.29, 0.717) is 12.3 Å². The second kappa shape index (κ2) is 7.10. The molecule has 0 spiro atoms. The quantitative estimate of drug-likeness (QED) is 0.801. The molecule has 1 atom stereocenters. The molecule has 1 aromatic rings. The van der Waals surface area contributed by atoms with Crippen LogP contribution in [0.15, 0.2) is 18.2 Å². The Morgan fingerprint density at radius 3 is 2.21 bits per heavy atom. The van der Waals surface area contributed by atoms with Gasteiger partial charge in [-0.15, -0.1) is 12.4 Å². The molecule has 0 saturated heterocycles. The van der Waals surface area contributed by atoms with Crippen molar-refractivity contribution < 1.29 is 17.6 Å². The van der Waals surface area contributed by atoms with Gasteiger partial charge in [0.15, 0.2) is 0 Å². The number of nitrogens with two attached hydrogens (primary N) is 1. The summed E-state index contributed by atoms with van der Waals surface area (Å²) in [7, 11) is 0. The third-order valence-electron chi connectivity index (χ3n) is 2.79. The van der Waals surface area contributed by atoms with Gasteiger partial charge in [0.1, 0.15) is 5.82 Å². The maximum absolute atomic E-state index is 13.7. The van der Waals surface area contributed by atoms with E-state index in [0.717, 1.165) is 12.5 Å². The predicted octanol–water partition coefficient (Wildman–Crippen LogP) is 4.70. The van der Waals surface area contributed by atoms with Crippen LogP contribution in [-0.4, -0.2) is 0 Å². The van der Waals surface area contributed by atoms with Crippen molar-refractivity contribution in [3.05, 3.63) is 35.1 Å². The van der Waals surface area contributed by atoms with Crippen molar-refractivity contribution in [2.24, 2.45) is 11.7 Å². The van der Waals surface area contributed by atoms with Crippen LogP contribution in [0.1, 0.15) is 43.9 Å². The van der Waals surface area contributed by atoms with E-state index in [4.69, 9.17) is 5.73 Å². The van der Waals surface area contributed by atoms with E-state index in [1.54, 1.807) is 0 Å². The molecule has 0 saturated carbocycles. The minimum Gasteiger partial charge on any atom is -0.324 e. The molecule has 1 aromatic carbocycles. The molecular weight excluding hydrogens is 282 g/mol. The molecule has 1 nitrogen and oxygen atoms in total. The number of benzene rings is 1. The van der Waals surface area contributed by atoms with E-state index in [-0.39, 0.29) is 18.0 Å². The van der Waals surface area contributed by atoms with E-state index in [1.165, 1.54) is 12.1 Å². The molecule has 0 bridgehead atoms. The molecule has 0 radical (unpaired) electrons. The van der Waals surface area contributed by atoms with Gasteiger partial charge in [0.05, 0.1) is 5.56 Å². The molecule has 0 aliphatic carbocycles. The van der Waals surface area contributed by atoms with Crippen LogP contribution in [0.3, 0.4) is 0 Å². The summed E-state index contributed by atoms with van der Waals surface area (Å²) in [5.41, 5.74) is 4.43. The maximum atomic E-state index is 13.7. The highest BCUT2D eigenvalue weighted by atomic mass is 35.5. The first-order chi connectivity index (χ1) is 8.23. The van der Waals surface area contributed by atoms with Crippen LogP contribution < -0.4 is 5.73 Å². The Balaban J connectivity index is 0.00000324. The summed E-state index contributed by atoms with van der Waals surface area (Å²) in [6.45, 7) is 3.96. The molecule has 19 heavy (non-hydrogen) atoms. The molecule has 0 aromatic heterocycles. The number of hydrogen-bond donors (Lipinski definition) is 1. The van der Waals surface area contributed by atoms with Crippen molar-refractivity contribution in [2.75, 3.05) is 0 Å². The van der Waals surface area contributed by atoms with Gasteiger partial charge in [-0.05, 0) is 24.8 Å². The second-order valence-electron chi connectivity index (χ2n) is 4.78. The zero-order valence-electron chi connectivity index (χ0n) is 10.8. The standard InChI is InChI=1S/C13H17F4N.ClH/c1-8(2)6-7-11(18)9-4-3-5-10(12(9)14)13(15,16)17;/h3-5,8,11H,6-7,18H2,1-2H3;1H/t11-;/m0./s1. The van der Waals surface area contributed by atoms with Gasteiger partial charge in [0.2, 0.25) is 0 Å². The largest absolute Gasteiger partial charge is 0.419 e. The molecule has 6 heteroatoms. The highest BCUT2D eigenvalue weighted by molar-refractivity contribution is 5.85. The van der Waals surface area contributed by atoms with Gasteiger partial charge in [0, 0.05) is 11.6 Å². The molecule has 0 heterocycles. The van der Waals surface area contributed by atoms with Gasteiger partial charge in [0.25, 0.3) is 0 Å². The SMILES string of the molecule is CC(C)CC[C@H](N)c1cccc(C(F)(F)F)c1F.Cl. The molecule has 2 N–H and O–H groups in total. The van der Waals surface area contributed by atoms with E-state index in [2.05, 4.69) is 0 Å². The fourth-order valence-electron chi connectivity index (χ4n) is 1.72. The lowest BCUT2D eigenvalue weighted by Gasteiger charge is -2.17. The van der Waals surface area contributed by atoms with Crippen LogP contribution in [0.2, 0.25) is 0 Å². The molecule has 0 amide bonds. The van der Waals surface area contributed by atoms with Crippen LogP contribution in [-0.2, 0) is 6.18 Å². The van der Waals surface area contributed by atoms with Crippen molar-refractivity contribution in [2.45, 2.75) is 38.9 Å². The summed E-state index contributed by atoms with van der Waals surface area (Å²) in [6.07, 6.45) is -3.47. The van der Waals surface area contributed by atoms with E-state index in [9.17, 15) is 17.6 Å². The summed E-state index contributed by atoms with van der Waals surface area (Å²) in [5, 5.41) is 0. The number of alkyl halides is 3. The predicted molar refractivity (Wildman–Crippen MR) is 69.7 cm³/mol. The van der Waals surface area contributed by atoms with Crippen molar-refractivity contribution in [3.8, 4) is 0 Å². The molecular formula is C13H18ClF4N. The van der Waals surface area contributed by atoms with Gasteiger partial charge >= 0.3 is 6.18 Å². The zero-order chi connectivity index (χ0) is 13.9. The minimum atomic E-state index is -4.68. The molecule has 1 rings (SSSR count). The van der Waals surface area contributed by atoms with E-state index >= 15 is 0 Å². The first-order valence-corrected chi connectivity index (χ1v) is 5.84. The number of halogens is 5. The van der Waals surface area contributed by atoms with Crippen LogP contribution in [0.4, 0.5) is 17.6 Å². The number of hydrogen-bond acceptors (Lipinski definition) is 1. The molecule has 0 unspecified atom stereocenters. The lowest BCUT2D eigenvalue weighted by atomic mass is 9.96. The second-order valence-corrected chi connectivity index (χ2v) is 4.78. The summed E-state index contributed by atoms with van der Waals surface area (Å²) >= 11 is 0. The summed E-state index contributed by atoms with van der Waals surface area (Å²) in [6, 6.07) is 2.54. The van der Waals surface area contributed by atoms with Crippen LogP contribution in [0.25, 0.3) is 0 Å². The summed E-state index contributed by atoms with van der Waals surface area (Å²) in [5.74, 6) is -0.869. The topological polar surface area (TPSA) is 26.0 Å². The normalized spacial score (nSPS) is 13.3. The fourth-order valence-corrected chi connectivity index (χ4v) is 1.72. The lowest BCUT2D eigenvalue weighted by Crippen LogP contribution is -2.16. The molecule has 0 fully saturated rings. The van der Waals surface area contributed by atoms with Gasteiger partial charge in [-0.25, -0.2) is 4.39 Å².